The van der Waals surface area contributed by atoms with Gasteiger partial charge in [-0.2, -0.15) is 5.10 Å². The third-order valence-electron chi connectivity index (χ3n) is 3.67. The summed E-state index contributed by atoms with van der Waals surface area (Å²) >= 11 is 6.19. The fraction of sp³-hybridized carbons (Fsp3) is 0.667. The van der Waals surface area contributed by atoms with Gasteiger partial charge >= 0.3 is 5.97 Å². The van der Waals surface area contributed by atoms with Gasteiger partial charge in [-0.15, -0.1) is 0 Å². The Bertz CT molecular complexity index is 464. The predicted molar refractivity (Wildman–Crippen MR) is 66.8 cm³/mol. The quantitative estimate of drug-likeness (QED) is 0.911. The molecule has 2 rings (SSSR count). The number of carboxylic acid groups (broad SMARTS) is 1. The second kappa shape index (κ2) is 4.90. The molecule has 1 N–H and O–H groups in total. The van der Waals surface area contributed by atoms with Gasteiger partial charge in [0.25, 0.3) is 0 Å². The Kier molecular flexibility index (Phi) is 3.64. The van der Waals surface area contributed by atoms with Crippen LogP contribution in [0.15, 0.2) is 0 Å². The average Bonchev–Trinajstić information content (AvgIpc) is 2.57. The van der Waals surface area contributed by atoms with Crippen LogP contribution in [0.25, 0.3) is 0 Å². The van der Waals surface area contributed by atoms with Gasteiger partial charge in [-0.3, -0.25) is 9.48 Å². The molecule has 0 bridgehead atoms. The number of hydrogen-bond acceptors (Lipinski definition) is 3. The minimum absolute atomic E-state index is 0.405. The van der Waals surface area contributed by atoms with E-state index in [-0.39, 0.29) is 0 Å². The SMILES string of the molecule is Cc1nn(C)c(CC2(C(=O)O)CCOCC2)c1Cl. The normalized spacial score (nSPS) is 18.8. The number of hydrogen-bond donors (Lipinski definition) is 1. The highest BCUT2D eigenvalue weighted by atomic mass is 35.5. The van der Waals surface area contributed by atoms with Gasteiger partial charge in [0.15, 0.2) is 0 Å². The first-order valence-electron chi connectivity index (χ1n) is 5.95. The van der Waals surface area contributed by atoms with Gasteiger partial charge in [-0.05, 0) is 19.8 Å². The summed E-state index contributed by atoms with van der Waals surface area (Å²) in [6.07, 6.45) is 1.44. The molecular formula is C12H17ClN2O3. The van der Waals surface area contributed by atoms with Gasteiger partial charge in [0, 0.05) is 26.7 Å². The summed E-state index contributed by atoms with van der Waals surface area (Å²) in [6.45, 7) is 2.80. The van der Waals surface area contributed by atoms with Crippen LogP contribution >= 0.6 is 11.6 Å². The van der Waals surface area contributed by atoms with Gasteiger partial charge in [0.05, 0.1) is 21.8 Å². The molecule has 0 spiro atoms. The molecule has 0 atom stereocenters. The third-order valence-corrected chi connectivity index (χ3v) is 4.16. The van der Waals surface area contributed by atoms with Crippen LogP contribution in [0, 0.1) is 12.3 Å². The minimum Gasteiger partial charge on any atom is -0.481 e. The molecule has 0 amide bonds. The zero-order valence-corrected chi connectivity index (χ0v) is 11.3. The fourth-order valence-electron chi connectivity index (χ4n) is 2.42. The molecule has 1 aromatic heterocycles. The molecule has 0 aliphatic carbocycles. The maximum absolute atomic E-state index is 11.6. The van der Waals surface area contributed by atoms with Crippen LogP contribution in [0.1, 0.15) is 24.2 Å². The third kappa shape index (κ3) is 2.24. The Morgan fingerprint density at radius 2 is 2.17 bits per heavy atom. The van der Waals surface area contributed by atoms with Gasteiger partial charge in [-0.1, -0.05) is 11.6 Å². The van der Waals surface area contributed by atoms with Crippen molar-refractivity contribution in [3.8, 4) is 0 Å². The van der Waals surface area contributed by atoms with Crippen LogP contribution in [-0.4, -0.2) is 34.1 Å². The number of carbonyl (C=O) groups is 1. The van der Waals surface area contributed by atoms with Crippen molar-refractivity contribution in [2.45, 2.75) is 26.2 Å². The Morgan fingerprint density at radius 1 is 1.56 bits per heavy atom. The van der Waals surface area contributed by atoms with E-state index >= 15 is 0 Å². The molecule has 0 radical (unpaired) electrons. The van der Waals surface area contributed by atoms with Crippen LogP contribution in [0.4, 0.5) is 0 Å². The van der Waals surface area contributed by atoms with Crippen molar-refractivity contribution < 1.29 is 14.6 Å². The first-order valence-corrected chi connectivity index (χ1v) is 6.33. The highest BCUT2D eigenvalue weighted by molar-refractivity contribution is 6.31. The van der Waals surface area contributed by atoms with E-state index in [9.17, 15) is 9.90 Å². The zero-order valence-electron chi connectivity index (χ0n) is 10.6. The Balaban J connectivity index is 2.31. The number of nitrogens with zero attached hydrogens (tertiary/aromatic N) is 2. The smallest absolute Gasteiger partial charge is 0.310 e. The molecule has 6 heteroatoms. The number of aliphatic carboxylic acids is 1. The largest absolute Gasteiger partial charge is 0.481 e. The van der Waals surface area contributed by atoms with Crippen molar-refractivity contribution in [1.82, 2.24) is 9.78 Å². The van der Waals surface area contributed by atoms with E-state index in [1.807, 2.05) is 6.92 Å². The van der Waals surface area contributed by atoms with Crippen molar-refractivity contribution in [1.29, 1.82) is 0 Å². The molecular weight excluding hydrogens is 256 g/mol. The second-order valence-corrected chi connectivity index (χ2v) is 5.22. The monoisotopic (exact) mass is 272 g/mol. The zero-order chi connectivity index (χ0) is 13.3. The van der Waals surface area contributed by atoms with Crippen molar-refractivity contribution in [3.63, 3.8) is 0 Å². The van der Waals surface area contributed by atoms with Crippen LogP contribution < -0.4 is 0 Å². The number of aromatic nitrogens is 2. The molecule has 5 nitrogen and oxygen atoms in total. The lowest BCUT2D eigenvalue weighted by molar-refractivity contribution is -0.154. The first kappa shape index (κ1) is 13.4. The summed E-state index contributed by atoms with van der Waals surface area (Å²) in [6, 6.07) is 0. The van der Waals surface area contributed by atoms with E-state index < -0.39 is 11.4 Å². The maximum Gasteiger partial charge on any atom is 0.310 e. The van der Waals surface area contributed by atoms with Crippen molar-refractivity contribution in [2.75, 3.05) is 13.2 Å². The topological polar surface area (TPSA) is 64.4 Å². The highest BCUT2D eigenvalue weighted by Crippen LogP contribution is 2.36. The molecule has 1 aromatic rings. The first-order chi connectivity index (χ1) is 8.46. The van der Waals surface area contributed by atoms with Crippen molar-refractivity contribution in [3.05, 3.63) is 16.4 Å². The number of rotatable bonds is 3. The van der Waals surface area contributed by atoms with E-state index in [1.165, 1.54) is 0 Å². The van der Waals surface area contributed by atoms with Crippen LogP contribution in [0.5, 0.6) is 0 Å². The highest BCUT2D eigenvalue weighted by Gasteiger charge is 2.41. The van der Waals surface area contributed by atoms with Crippen LogP contribution in [-0.2, 0) is 23.0 Å². The molecule has 1 fully saturated rings. The number of halogens is 1. The van der Waals surface area contributed by atoms with Crippen LogP contribution in [0.2, 0.25) is 5.02 Å². The minimum atomic E-state index is -0.777. The van der Waals surface area contributed by atoms with Gasteiger partial charge in [0.2, 0.25) is 0 Å². The molecule has 18 heavy (non-hydrogen) atoms. The van der Waals surface area contributed by atoms with Gasteiger partial charge in [0.1, 0.15) is 0 Å². The Hall–Kier alpha value is -1.07. The molecule has 0 unspecified atom stereocenters. The molecule has 1 aliphatic rings. The number of carboxylic acids is 1. The summed E-state index contributed by atoms with van der Waals surface area (Å²) in [4.78, 5) is 11.6. The van der Waals surface area contributed by atoms with E-state index in [0.29, 0.717) is 37.5 Å². The van der Waals surface area contributed by atoms with Crippen LogP contribution in [0.3, 0.4) is 0 Å². The molecule has 2 heterocycles. The average molecular weight is 273 g/mol. The Labute approximate surface area is 111 Å². The second-order valence-electron chi connectivity index (χ2n) is 4.84. The van der Waals surface area contributed by atoms with Crippen molar-refractivity contribution in [2.24, 2.45) is 12.5 Å². The lowest BCUT2D eigenvalue weighted by atomic mass is 9.76. The summed E-state index contributed by atoms with van der Waals surface area (Å²) < 4.78 is 6.94. The molecule has 1 aliphatic heterocycles. The van der Waals surface area contributed by atoms with Crippen molar-refractivity contribution >= 4 is 17.6 Å². The molecule has 0 saturated carbocycles. The summed E-state index contributed by atoms with van der Waals surface area (Å²) in [7, 11) is 1.79. The fourth-order valence-corrected chi connectivity index (χ4v) is 2.65. The number of ether oxygens (including phenoxy) is 1. The molecule has 1 saturated heterocycles. The standard InChI is InChI=1S/C12H17ClN2O3/c1-8-10(13)9(15(2)14-8)7-12(11(16)17)3-5-18-6-4-12/h3-7H2,1-2H3,(H,16,17). The van der Waals surface area contributed by atoms with E-state index in [2.05, 4.69) is 5.10 Å². The summed E-state index contributed by atoms with van der Waals surface area (Å²) in [5, 5.41) is 14.3. The summed E-state index contributed by atoms with van der Waals surface area (Å²) in [5.74, 6) is -0.777. The van der Waals surface area contributed by atoms with E-state index in [0.717, 1.165) is 11.4 Å². The van der Waals surface area contributed by atoms with Gasteiger partial charge < -0.3 is 9.84 Å². The van der Waals surface area contributed by atoms with Gasteiger partial charge in [-0.25, -0.2) is 0 Å². The number of aryl methyl sites for hydroxylation is 2. The Morgan fingerprint density at radius 3 is 2.61 bits per heavy atom. The summed E-state index contributed by atoms with van der Waals surface area (Å²) in [5.41, 5.74) is 0.752. The maximum atomic E-state index is 11.6. The molecule has 100 valence electrons. The lowest BCUT2D eigenvalue weighted by Crippen LogP contribution is -2.39. The lowest BCUT2D eigenvalue weighted by Gasteiger charge is -2.33. The predicted octanol–water partition coefficient (Wildman–Crippen LogP) is 1.81. The van der Waals surface area contributed by atoms with E-state index in [4.69, 9.17) is 16.3 Å². The molecule has 0 aromatic carbocycles. The van der Waals surface area contributed by atoms with E-state index in [1.54, 1.807) is 11.7 Å².